The lowest BCUT2D eigenvalue weighted by Crippen LogP contribution is -2.36. The van der Waals surface area contributed by atoms with Gasteiger partial charge in [-0.2, -0.15) is 10.2 Å². The Bertz CT molecular complexity index is 1310. The van der Waals surface area contributed by atoms with E-state index in [1.165, 1.54) is 12.1 Å². The van der Waals surface area contributed by atoms with Crippen molar-refractivity contribution in [2.24, 2.45) is 0 Å². The number of likely N-dealkylation sites (tertiary alicyclic amines) is 1. The summed E-state index contributed by atoms with van der Waals surface area (Å²) in [7, 11) is 0. The van der Waals surface area contributed by atoms with E-state index in [1.54, 1.807) is 23.2 Å². The molecule has 0 aliphatic carbocycles. The van der Waals surface area contributed by atoms with Crippen LogP contribution in [0.2, 0.25) is 0 Å². The Morgan fingerprint density at radius 1 is 1.21 bits per heavy atom. The summed E-state index contributed by atoms with van der Waals surface area (Å²) in [6, 6.07) is 8.93. The van der Waals surface area contributed by atoms with Gasteiger partial charge in [-0.05, 0) is 63.9 Å². The lowest BCUT2D eigenvalue weighted by molar-refractivity contribution is 0.0199. The molecule has 34 heavy (non-hydrogen) atoms. The number of nitriles is 1. The zero-order valence-electron chi connectivity index (χ0n) is 19.0. The number of carbonyl (C=O) groups excluding carboxylic acids is 1. The van der Waals surface area contributed by atoms with Crippen LogP contribution in [-0.4, -0.2) is 38.3 Å². The highest BCUT2D eigenvalue weighted by Crippen LogP contribution is 2.33. The molecule has 4 rings (SSSR count). The fourth-order valence-corrected chi connectivity index (χ4v) is 3.51. The van der Waals surface area contributed by atoms with Crippen LogP contribution in [0.3, 0.4) is 0 Å². The molecule has 1 unspecified atom stereocenters. The minimum absolute atomic E-state index is 0.207. The quantitative estimate of drug-likeness (QED) is 0.515. The van der Waals surface area contributed by atoms with Crippen LogP contribution in [0.4, 0.5) is 9.18 Å². The van der Waals surface area contributed by atoms with Crippen LogP contribution in [0, 0.1) is 29.0 Å². The Hall–Kier alpha value is -4.24. The highest BCUT2D eigenvalue weighted by Gasteiger charge is 2.36. The lowest BCUT2D eigenvalue weighted by Gasteiger charge is -2.26. The Balaban J connectivity index is 1.48. The number of halogens is 1. The Morgan fingerprint density at radius 3 is 2.68 bits per heavy atom. The van der Waals surface area contributed by atoms with Gasteiger partial charge in [0, 0.05) is 23.9 Å². The Labute approximate surface area is 196 Å². The number of aromatic nitrogens is 3. The minimum Gasteiger partial charge on any atom is -0.444 e. The van der Waals surface area contributed by atoms with E-state index in [2.05, 4.69) is 27.0 Å². The first-order valence-corrected chi connectivity index (χ1v) is 10.7. The molecule has 1 aliphatic rings. The smallest absolute Gasteiger partial charge is 0.410 e. The van der Waals surface area contributed by atoms with E-state index < -0.39 is 17.5 Å². The van der Waals surface area contributed by atoms with Crippen LogP contribution in [-0.2, 0) is 4.74 Å². The van der Waals surface area contributed by atoms with Gasteiger partial charge >= 0.3 is 6.09 Å². The number of pyridine rings is 1. The number of nitrogens with zero attached hydrogens (tertiary/aromatic N) is 5. The SMILES string of the molecule is CC(C)(C)OC(=O)N1CCCC1c1nc(-c2ccc(C#Cc3cc(F)cc(C#N)c3)cn2)no1. The number of carbonyl (C=O) groups is 1. The summed E-state index contributed by atoms with van der Waals surface area (Å²) in [5.74, 6) is 5.84. The van der Waals surface area contributed by atoms with Crippen LogP contribution in [0.15, 0.2) is 41.1 Å². The molecule has 1 amide bonds. The molecule has 0 bridgehead atoms. The van der Waals surface area contributed by atoms with Crippen LogP contribution in [0.5, 0.6) is 0 Å². The number of amides is 1. The molecule has 1 fully saturated rings. The maximum absolute atomic E-state index is 13.6. The third-order valence-corrected chi connectivity index (χ3v) is 4.98. The van der Waals surface area contributed by atoms with Gasteiger partial charge in [-0.3, -0.25) is 9.88 Å². The van der Waals surface area contributed by atoms with Crippen LogP contribution < -0.4 is 0 Å². The second kappa shape index (κ2) is 9.32. The monoisotopic (exact) mass is 459 g/mol. The summed E-state index contributed by atoms with van der Waals surface area (Å²) in [5, 5.41) is 13.0. The molecule has 1 atom stereocenters. The Kier molecular flexibility index (Phi) is 6.29. The van der Waals surface area contributed by atoms with Gasteiger partial charge in [0.05, 0.1) is 11.6 Å². The molecular weight excluding hydrogens is 437 g/mol. The molecule has 0 saturated carbocycles. The molecule has 2 aromatic heterocycles. The topological polar surface area (TPSA) is 105 Å². The van der Waals surface area contributed by atoms with Crippen molar-refractivity contribution in [3.63, 3.8) is 0 Å². The maximum atomic E-state index is 13.6. The number of rotatable bonds is 2. The van der Waals surface area contributed by atoms with E-state index in [9.17, 15) is 9.18 Å². The molecule has 9 heteroatoms. The molecule has 1 saturated heterocycles. The van der Waals surface area contributed by atoms with Crippen LogP contribution in [0.1, 0.15) is 62.2 Å². The molecule has 0 N–H and O–H groups in total. The maximum Gasteiger partial charge on any atom is 0.410 e. The highest BCUT2D eigenvalue weighted by molar-refractivity contribution is 5.69. The zero-order chi connectivity index (χ0) is 24.3. The van der Waals surface area contributed by atoms with E-state index in [0.29, 0.717) is 41.5 Å². The van der Waals surface area contributed by atoms with Crippen molar-refractivity contribution >= 4 is 6.09 Å². The fourth-order valence-electron chi connectivity index (χ4n) is 3.51. The summed E-state index contributed by atoms with van der Waals surface area (Å²) in [6.45, 7) is 6.02. The van der Waals surface area contributed by atoms with Gasteiger partial charge in [0.1, 0.15) is 23.2 Å². The molecular formula is C25H22FN5O3. The summed E-state index contributed by atoms with van der Waals surface area (Å²) >= 11 is 0. The van der Waals surface area contributed by atoms with Crippen molar-refractivity contribution in [2.75, 3.05) is 6.54 Å². The molecule has 3 aromatic rings. The summed E-state index contributed by atoms with van der Waals surface area (Å²) < 4.78 is 24.5. The number of benzene rings is 1. The third-order valence-electron chi connectivity index (χ3n) is 4.98. The van der Waals surface area contributed by atoms with E-state index in [1.807, 2.05) is 26.8 Å². The van der Waals surface area contributed by atoms with Crippen molar-refractivity contribution in [3.05, 3.63) is 64.9 Å². The van der Waals surface area contributed by atoms with Gasteiger partial charge in [0.15, 0.2) is 0 Å². The van der Waals surface area contributed by atoms with Crippen LogP contribution >= 0.6 is 0 Å². The molecule has 0 radical (unpaired) electrons. The minimum atomic E-state index is -0.592. The van der Waals surface area contributed by atoms with Crippen molar-refractivity contribution in [3.8, 4) is 29.4 Å². The highest BCUT2D eigenvalue weighted by atomic mass is 19.1. The van der Waals surface area contributed by atoms with Crippen molar-refractivity contribution in [1.29, 1.82) is 5.26 Å². The summed E-state index contributed by atoms with van der Waals surface area (Å²) in [6.07, 6.45) is 2.66. The second-order valence-corrected chi connectivity index (χ2v) is 8.81. The van der Waals surface area contributed by atoms with Crippen molar-refractivity contribution in [2.45, 2.75) is 45.3 Å². The molecule has 0 spiro atoms. The average Bonchev–Trinajstić information content (AvgIpc) is 3.46. The first-order chi connectivity index (χ1) is 16.2. The molecule has 1 aromatic carbocycles. The van der Waals surface area contributed by atoms with Gasteiger partial charge in [0.25, 0.3) is 0 Å². The molecule has 3 heterocycles. The van der Waals surface area contributed by atoms with E-state index in [0.717, 1.165) is 12.5 Å². The largest absolute Gasteiger partial charge is 0.444 e. The summed E-state index contributed by atoms with van der Waals surface area (Å²) in [5.41, 5.74) is 1.10. The standard InChI is InChI=1S/C25H22FN5O3/c1-25(2,3)33-24(32)31-10-4-5-21(31)23-29-22(30-34-23)20-9-8-16(15-28-20)6-7-17-11-18(14-27)13-19(26)12-17/h8-9,11-13,15,21H,4-5,10H2,1-3H3. The second-order valence-electron chi connectivity index (χ2n) is 8.81. The lowest BCUT2D eigenvalue weighted by atomic mass is 10.1. The van der Waals surface area contributed by atoms with Gasteiger partial charge in [-0.15, -0.1) is 0 Å². The normalized spacial score (nSPS) is 15.4. The van der Waals surface area contributed by atoms with Crippen molar-refractivity contribution in [1.82, 2.24) is 20.0 Å². The predicted octanol–water partition coefficient (Wildman–Crippen LogP) is 4.61. The first kappa shape index (κ1) is 22.9. The zero-order valence-corrected chi connectivity index (χ0v) is 19.0. The average molecular weight is 459 g/mol. The van der Waals surface area contributed by atoms with Gasteiger partial charge in [0.2, 0.25) is 11.7 Å². The van der Waals surface area contributed by atoms with Gasteiger partial charge < -0.3 is 9.26 Å². The number of hydrogen-bond acceptors (Lipinski definition) is 7. The van der Waals surface area contributed by atoms with Gasteiger partial charge in [-0.25, -0.2) is 9.18 Å². The predicted molar refractivity (Wildman–Crippen MR) is 120 cm³/mol. The third kappa shape index (κ3) is 5.38. The summed E-state index contributed by atoms with van der Waals surface area (Å²) in [4.78, 5) is 22.9. The van der Waals surface area contributed by atoms with E-state index in [4.69, 9.17) is 14.5 Å². The molecule has 8 nitrogen and oxygen atoms in total. The number of ether oxygens (including phenoxy) is 1. The van der Waals surface area contributed by atoms with Crippen molar-refractivity contribution < 1.29 is 18.4 Å². The molecule has 1 aliphatic heterocycles. The van der Waals surface area contributed by atoms with Crippen LogP contribution in [0.25, 0.3) is 11.5 Å². The number of hydrogen-bond donors (Lipinski definition) is 0. The molecule has 172 valence electrons. The first-order valence-electron chi connectivity index (χ1n) is 10.7. The van der Waals surface area contributed by atoms with Gasteiger partial charge in [-0.1, -0.05) is 17.0 Å². The van der Waals surface area contributed by atoms with E-state index in [-0.39, 0.29) is 11.6 Å². The fraction of sp³-hybridized carbons (Fsp3) is 0.320. The Morgan fingerprint density at radius 2 is 1.97 bits per heavy atom. The van der Waals surface area contributed by atoms with E-state index >= 15 is 0 Å².